The van der Waals surface area contributed by atoms with E-state index in [1.54, 1.807) is 6.20 Å². The van der Waals surface area contributed by atoms with Crippen LogP contribution in [0.5, 0.6) is 0 Å². The van der Waals surface area contributed by atoms with Crippen LogP contribution in [0.2, 0.25) is 0 Å². The zero-order chi connectivity index (χ0) is 12.1. The molecule has 0 radical (unpaired) electrons. The molecule has 0 bridgehead atoms. The van der Waals surface area contributed by atoms with Crippen molar-refractivity contribution in [3.8, 4) is 0 Å². The minimum absolute atomic E-state index is 0.109. The number of hydrogen-bond acceptors (Lipinski definition) is 2. The molecule has 18 heavy (non-hydrogen) atoms. The van der Waals surface area contributed by atoms with E-state index >= 15 is 0 Å². The topological polar surface area (TPSA) is 50.2 Å². The van der Waals surface area contributed by atoms with Gasteiger partial charge in [-0.3, -0.25) is 9.78 Å². The first-order valence-corrected chi connectivity index (χ1v) is 5.71. The molecule has 0 aliphatic carbocycles. The fourth-order valence-electron chi connectivity index (χ4n) is 2.42. The van der Waals surface area contributed by atoms with Crippen molar-refractivity contribution in [3.05, 3.63) is 59.1 Å². The first-order chi connectivity index (χ1) is 8.84. The van der Waals surface area contributed by atoms with E-state index in [-0.39, 0.29) is 5.56 Å². The van der Waals surface area contributed by atoms with E-state index in [1.165, 1.54) is 0 Å². The molecule has 0 fully saturated rings. The number of H-pyrrole nitrogens is 1. The van der Waals surface area contributed by atoms with Crippen LogP contribution in [0.3, 0.4) is 0 Å². The molecule has 4 heteroatoms. The van der Waals surface area contributed by atoms with E-state index in [9.17, 15) is 4.79 Å². The van der Waals surface area contributed by atoms with Crippen LogP contribution in [0, 0.1) is 0 Å². The molecule has 0 unspecified atom stereocenters. The second-order valence-electron chi connectivity index (χ2n) is 4.26. The number of aromatic amines is 1. The summed E-state index contributed by atoms with van der Waals surface area (Å²) in [7, 11) is 0. The van der Waals surface area contributed by atoms with Gasteiger partial charge in [0, 0.05) is 17.8 Å². The maximum Gasteiger partial charge on any atom is 0.274 e. The monoisotopic (exact) mass is 235 g/mol. The van der Waals surface area contributed by atoms with Crippen molar-refractivity contribution in [2.75, 3.05) is 0 Å². The Balaban J connectivity index is 2.42. The van der Waals surface area contributed by atoms with Crippen LogP contribution in [0.25, 0.3) is 27.5 Å². The zero-order valence-corrected chi connectivity index (χ0v) is 9.42. The van der Waals surface area contributed by atoms with Gasteiger partial charge in [0.1, 0.15) is 11.0 Å². The van der Waals surface area contributed by atoms with E-state index in [0.29, 0.717) is 5.52 Å². The Kier molecular flexibility index (Phi) is 1.67. The van der Waals surface area contributed by atoms with Crippen LogP contribution in [0.1, 0.15) is 0 Å². The normalized spacial score (nSPS) is 11.6. The Morgan fingerprint density at radius 2 is 2.00 bits per heavy atom. The maximum absolute atomic E-state index is 12.2. The average molecular weight is 235 g/mol. The molecule has 3 aromatic heterocycles. The molecule has 4 aromatic rings. The summed E-state index contributed by atoms with van der Waals surface area (Å²) in [6.07, 6.45) is 3.66. The van der Waals surface area contributed by atoms with Gasteiger partial charge in [-0.2, -0.15) is 0 Å². The minimum Gasteiger partial charge on any atom is -0.319 e. The lowest BCUT2D eigenvalue weighted by Gasteiger charge is -2.01. The molecule has 0 aliphatic heterocycles. The smallest absolute Gasteiger partial charge is 0.274 e. The van der Waals surface area contributed by atoms with Gasteiger partial charge in [0.2, 0.25) is 0 Å². The Bertz CT molecular complexity index is 949. The molecule has 1 N–H and O–H groups in total. The highest BCUT2D eigenvalue weighted by Crippen LogP contribution is 2.20. The van der Waals surface area contributed by atoms with Crippen LogP contribution < -0.4 is 5.56 Å². The van der Waals surface area contributed by atoms with Crippen molar-refractivity contribution in [2.45, 2.75) is 0 Å². The van der Waals surface area contributed by atoms with Gasteiger partial charge < -0.3 is 9.38 Å². The third kappa shape index (κ3) is 1.09. The third-order valence-electron chi connectivity index (χ3n) is 3.20. The summed E-state index contributed by atoms with van der Waals surface area (Å²) in [6.45, 7) is 0. The molecule has 1 aromatic carbocycles. The number of hydrogen-bond donors (Lipinski definition) is 1. The van der Waals surface area contributed by atoms with Gasteiger partial charge in [0.25, 0.3) is 5.56 Å². The van der Waals surface area contributed by atoms with Crippen molar-refractivity contribution < 1.29 is 0 Å². The predicted octanol–water partition coefficient (Wildman–Crippen LogP) is 2.33. The highest BCUT2D eigenvalue weighted by atomic mass is 16.1. The Labute approximate surface area is 102 Å². The van der Waals surface area contributed by atoms with Crippen molar-refractivity contribution in [2.24, 2.45) is 0 Å². The molecule has 4 rings (SSSR count). The fourth-order valence-corrected chi connectivity index (χ4v) is 2.42. The summed E-state index contributed by atoms with van der Waals surface area (Å²) in [5.41, 5.74) is 3.04. The minimum atomic E-state index is -0.109. The quantitative estimate of drug-likeness (QED) is 0.508. The van der Waals surface area contributed by atoms with Gasteiger partial charge >= 0.3 is 0 Å². The molecule has 0 atom stereocenters. The van der Waals surface area contributed by atoms with E-state index in [4.69, 9.17) is 0 Å². The number of aromatic nitrogens is 3. The van der Waals surface area contributed by atoms with Crippen molar-refractivity contribution in [1.82, 2.24) is 14.4 Å². The van der Waals surface area contributed by atoms with E-state index < -0.39 is 0 Å². The van der Waals surface area contributed by atoms with Crippen LogP contribution >= 0.6 is 0 Å². The fraction of sp³-hybridized carbons (Fsp3) is 0. The van der Waals surface area contributed by atoms with Gasteiger partial charge in [-0.15, -0.1) is 0 Å². The van der Waals surface area contributed by atoms with Gasteiger partial charge in [0.15, 0.2) is 0 Å². The van der Waals surface area contributed by atoms with Crippen LogP contribution in [0.15, 0.2) is 53.6 Å². The van der Waals surface area contributed by atoms with Crippen molar-refractivity contribution in [1.29, 1.82) is 0 Å². The highest BCUT2D eigenvalue weighted by molar-refractivity contribution is 5.96. The zero-order valence-electron chi connectivity index (χ0n) is 9.42. The Hall–Kier alpha value is -2.62. The second-order valence-corrected chi connectivity index (χ2v) is 4.26. The van der Waals surface area contributed by atoms with Gasteiger partial charge in [-0.05, 0) is 24.3 Å². The lowest BCUT2D eigenvalue weighted by atomic mass is 10.3. The number of rotatable bonds is 0. The van der Waals surface area contributed by atoms with Crippen molar-refractivity contribution in [3.63, 3.8) is 0 Å². The number of para-hydroxylation sites is 2. The standard InChI is InChI=1S/C14H9N3O/c18-14-13-12-9(4-3-7-15-12)8-17(13)11-6-2-1-5-10(11)16-14/h1-8H,(H,16,18). The molecule has 0 saturated carbocycles. The highest BCUT2D eigenvalue weighted by Gasteiger charge is 2.10. The summed E-state index contributed by atoms with van der Waals surface area (Å²) in [5.74, 6) is 0. The SMILES string of the molecule is O=c1[nH]c2ccccc2n2cc3cccnc3c12. The molecule has 0 aliphatic rings. The van der Waals surface area contributed by atoms with Gasteiger partial charge in [-0.25, -0.2) is 0 Å². The number of fused-ring (bicyclic) bond motifs is 5. The lowest BCUT2D eigenvalue weighted by molar-refractivity contribution is 1.19. The first kappa shape index (κ1) is 9.41. The molecule has 0 spiro atoms. The molecular weight excluding hydrogens is 226 g/mol. The van der Waals surface area contributed by atoms with Gasteiger partial charge in [0.05, 0.1) is 11.0 Å². The maximum atomic E-state index is 12.2. The van der Waals surface area contributed by atoms with E-state index in [0.717, 1.165) is 21.9 Å². The lowest BCUT2D eigenvalue weighted by Crippen LogP contribution is -2.09. The first-order valence-electron chi connectivity index (χ1n) is 5.71. The summed E-state index contributed by atoms with van der Waals surface area (Å²) in [5, 5.41) is 0.972. The largest absolute Gasteiger partial charge is 0.319 e. The summed E-state index contributed by atoms with van der Waals surface area (Å²) in [6, 6.07) is 11.6. The summed E-state index contributed by atoms with van der Waals surface area (Å²) >= 11 is 0. The van der Waals surface area contributed by atoms with Gasteiger partial charge in [-0.1, -0.05) is 12.1 Å². The summed E-state index contributed by atoms with van der Waals surface area (Å²) in [4.78, 5) is 19.3. The predicted molar refractivity (Wildman–Crippen MR) is 70.8 cm³/mol. The molecule has 0 saturated heterocycles. The molecular formula is C14H9N3O. The number of benzene rings is 1. The Morgan fingerprint density at radius 1 is 1.11 bits per heavy atom. The van der Waals surface area contributed by atoms with Crippen LogP contribution in [-0.4, -0.2) is 14.4 Å². The number of nitrogens with zero attached hydrogens (tertiary/aromatic N) is 2. The van der Waals surface area contributed by atoms with Crippen LogP contribution in [-0.2, 0) is 0 Å². The number of pyridine rings is 1. The van der Waals surface area contributed by atoms with Crippen molar-refractivity contribution >= 4 is 27.5 Å². The molecule has 3 heterocycles. The van der Waals surface area contributed by atoms with E-state index in [2.05, 4.69) is 9.97 Å². The molecule has 86 valence electrons. The molecule has 0 amide bonds. The van der Waals surface area contributed by atoms with Crippen LogP contribution in [0.4, 0.5) is 0 Å². The average Bonchev–Trinajstić information content (AvgIpc) is 2.79. The summed E-state index contributed by atoms with van der Waals surface area (Å²) < 4.78 is 1.91. The Morgan fingerprint density at radius 3 is 2.94 bits per heavy atom. The molecule has 4 nitrogen and oxygen atoms in total. The second kappa shape index (κ2) is 3.20. The third-order valence-corrected chi connectivity index (χ3v) is 3.20. The van der Waals surface area contributed by atoms with E-state index in [1.807, 2.05) is 47.0 Å². The number of nitrogens with one attached hydrogen (secondary N) is 1.